The number of aliphatic hydroxyl groups is 5. The van der Waals surface area contributed by atoms with Crippen molar-refractivity contribution in [2.45, 2.75) is 154 Å². The number of hydrogen-bond donors (Lipinski definition) is 6. The van der Waals surface area contributed by atoms with Crippen LogP contribution in [0.25, 0.3) is 0 Å². The molecule has 14 heteroatoms. The lowest BCUT2D eigenvalue weighted by Crippen LogP contribution is -2.30. The highest BCUT2D eigenvalue weighted by molar-refractivity contribution is 7.47. The molecule has 0 rings (SSSR count). The first kappa shape index (κ1) is 56.8. The van der Waals surface area contributed by atoms with Gasteiger partial charge in [-0.3, -0.25) is 18.6 Å². The average molecular weight is 867 g/mol. The Balaban J connectivity index is 4.69. The van der Waals surface area contributed by atoms with E-state index in [2.05, 4.69) is 47.9 Å². The fraction of sp³-hybridized carbons (Fsp3) is 0.609. The Kier molecular flexibility index (Phi) is 37.7. The molecule has 0 aliphatic carbocycles. The van der Waals surface area contributed by atoms with Gasteiger partial charge in [-0.05, 0) is 70.6 Å². The van der Waals surface area contributed by atoms with Crippen LogP contribution >= 0.6 is 7.82 Å². The van der Waals surface area contributed by atoms with Crippen molar-refractivity contribution < 1.29 is 63.1 Å². The highest BCUT2D eigenvalue weighted by Crippen LogP contribution is 2.43. The molecule has 0 aromatic carbocycles. The summed E-state index contributed by atoms with van der Waals surface area (Å²) in [7, 11) is -4.72. The van der Waals surface area contributed by atoms with Crippen molar-refractivity contribution in [2.24, 2.45) is 0 Å². The lowest BCUT2D eigenvalue weighted by atomic mass is 10.1. The molecule has 0 aromatic rings. The predicted molar refractivity (Wildman–Crippen MR) is 237 cm³/mol. The zero-order chi connectivity index (χ0) is 44.5. The van der Waals surface area contributed by atoms with Crippen LogP contribution in [0, 0.1) is 0 Å². The Morgan fingerprint density at radius 3 is 1.87 bits per heavy atom. The Morgan fingerprint density at radius 2 is 1.22 bits per heavy atom. The molecule has 0 aliphatic rings. The van der Waals surface area contributed by atoms with Crippen LogP contribution < -0.4 is 0 Å². The summed E-state index contributed by atoms with van der Waals surface area (Å²) in [5.41, 5.74) is 0. The summed E-state index contributed by atoms with van der Waals surface area (Å²) in [4.78, 5) is 35.0. The molecule has 0 fully saturated rings. The van der Waals surface area contributed by atoms with E-state index < -0.39 is 76.7 Å². The van der Waals surface area contributed by atoms with Crippen LogP contribution in [0.5, 0.6) is 0 Å². The molecule has 0 heterocycles. The number of carbonyl (C=O) groups excluding carboxylic acids is 2. The SMILES string of the molecule is CC/C=C\C[C@@H](O)/C=C/C=C/C=C\C=C/[C@H](O)[C@@H](O)CCCC(=O)OC[C@H](COP(=O)(O)OC[C@@H](O)CO)OC(=O)CCCCCC/C=C\C/C=C\C/C=C\CCCCC. The van der Waals surface area contributed by atoms with Crippen molar-refractivity contribution in [3.63, 3.8) is 0 Å². The lowest BCUT2D eigenvalue weighted by Gasteiger charge is -2.20. The van der Waals surface area contributed by atoms with Crippen LogP contribution in [0.3, 0.4) is 0 Å². The van der Waals surface area contributed by atoms with Gasteiger partial charge < -0.3 is 39.9 Å². The van der Waals surface area contributed by atoms with E-state index in [1.165, 1.54) is 25.3 Å². The van der Waals surface area contributed by atoms with Gasteiger partial charge in [0.25, 0.3) is 0 Å². The second-order valence-corrected chi connectivity index (χ2v) is 15.7. The Morgan fingerprint density at radius 1 is 0.633 bits per heavy atom. The maximum absolute atomic E-state index is 12.6. The number of rotatable bonds is 38. The highest BCUT2D eigenvalue weighted by Gasteiger charge is 2.27. The minimum Gasteiger partial charge on any atom is -0.462 e. The summed E-state index contributed by atoms with van der Waals surface area (Å²) in [6.07, 6.45) is 37.4. The third-order valence-corrected chi connectivity index (χ3v) is 9.52. The van der Waals surface area contributed by atoms with E-state index in [9.17, 15) is 39.5 Å². The molecule has 0 aliphatic heterocycles. The van der Waals surface area contributed by atoms with Crippen molar-refractivity contribution in [2.75, 3.05) is 26.4 Å². The Hall–Kier alpha value is -3.23. The van der Waals surface area contributed by atoms with Crippen molar-refractivity contribution in [1.82, 2.24) is 0 Å². The predicted octanol–water partition coefficient (Wildman–Crippen LogP) is 8.13. The monoisotopic (exact) mass is 866 g/mol. The van der Waals surface area contributed by atoms with Crippen LogP contribution in [0.1, 0.15) is 123 Å². The third-order valence-electron chi connectivity index (χ3n) is 8.57. The Bertz CT molecular complexity index is 1370. The maximum Gasteiger partial charge on any atom is 0.472 e. The summed E-state index contributed by atoms with van der Waals surface area (Å²) < 4.78 is 32.4. The van der Waals surface area contributed by atoms with E-state index in [0.29, 0.717) is 12.8 Å². The number of hydrogen-bond acceptors (Lipinski definition) is 12. The normalized spacial score (nSPS) is 16.3. The Labute approximate surface area is 359 Å². The van der Waals surface area contributed by atoms with E-state index in [1.54, 1.807) is 42.5 Å². The summed E-state index contributed by atoms with van der Waals surface area (Å²) >= 11 is 0. The molecule has 0 radical (unpaired) electrons. The van der Waals surface area contributed by atoms with E-state index in [0.717, 1.165) is 51.4 Å². The minimum absolute atomic E-state index is 0.0784. The lowest BCUT2D eigenvalue weighted by molar-refractivity contribution is -0.161. The third kappa shape index (κ3) is 37.7. The van der Waals surface area contributed by atoms with Gasteiger partial charge in [0, 0.05) is 12.8 Å². The zero-order valence-corrected chi connectivity index (χ0v) is 36.9. The van der Waals surface area contributed by atoms with Gasteiger partial charge in [0.2, 0.25) is 0 Å². The topological polar surface area (TPSA) is 210 Å². The van der Waals surface area contributed by atoms with E-state index >= 15 is 0 Å². The average Bonchev–Trinajstić information content (AvgIpc) is 3.22. The first-order valence-corrected chi connectivity index (χ1v) is 23.0. The number of unbranched alkanes of at least 4 members (excludes halogenated alkanes) is 7. The molecule has 0 aromatic heterocycles. The first-order chi connectivity index (χ1) is 28.9. The summed E-state index contributed by atoms with van der Waals surface area (Å²) in [5, 5.41) is 48.7. The quantitative estimate of drug-likeness (QED) is 0.0114. The number of allylic oxidation sites excluding steroid dienone is 13. The van der Waals surface area contributed by atoms with Crippen LogP contribution in [0.2, 0.25) is 0 Å². The number of ether oxygens (including phenoxy) is 2. The molecular weight excluding hydrogens is 791 g/mol. The van der Waals surface area contributed by atoms with Gasteiger partial charge >= 0.3 is 19.8 Å². The zero-order valence-electron chi connectivity index (χ0n) is 36.0. The molecule has 342 valence electrons. The number of phosphoric ester groups is 1. The van der Waals surface area contributed by atoms with Crippen LogP contribution in [-0.2, 0) is 32.7 Å². The summed E-state index contributed by atoms with van der Waals surface area (Å²) in [6, 6.07) is 0. The van der Waals surface area contributed by atoms with Gasteiger partial charge in [-0.15, -0.1) is 0 Å². The molecule has 0 saturated carbocycles. The number of aliphatic hydroxyl groups excluding tert-OH is 5. The summed E-state index contributed by atoms with van der Waals surface area (Å²) in [5.74, 6) is -1.29. The molecule has 0 saturated heterocycles. The van der Waals surface area contributed by atoms with Crippen molar-refractivity contribution in [3.05, 3.63) is 97.2 Å². The van der Waals surface area contributed by atoms with Crippen LogP contribution in [-0.4, -0.2) is 99.3 Å². The smallest absolute Gasteiger partial charge is 0.462 e. The highest BCUT2D eigenvalue weighted by atomic mass is 31.2. The number of carbonyl (C=O) groups is 2. The van der Waals surface area contributed by atoms with Crippen molar-refractivity contribution in [3.8, 4) is 0 Å². The van der Waals surface area contributed by atoms with E-state index in [-0.39, 0.29) is 25.7 Å². The van der Waals surface area contributed by atoms with Gasteiger partial charge in [-0.25, -0.2) is 4.57 Å². The summed E-state index contributed by atoms with van der Waals surface area (Å²) in [6.45, 7) is 1.71. The molecule has 6 atom stereocenters. The van der Waals surface area contributed by atoms with E-state index in [4.69, 9.17) is 19.1 Å². The van der Waals surface area contributed by atoms with Crippen molar-refractivity contribution in [1.29, 1.82) is 0 Å². The molecule has 0 spiro atoms. The minimum atomic E-state index is -4.72. The van der Waals surface area contributed by atoms with Gasteiger partial charge in [-0.2, -0.15) is 0 Å². The molecule has 60 heavy (non-hydrogen) atoms. The second kappa shape index (κ2) is 39.9. The molecule has 0 bridgehead atoms. The maximum atomic E-state index is 12.6. The van der Waals surface area contributed by atoms with Crippen LogP contribution in [0.4, 0.5) is 0 Å². The van der Waals surface area contributed by atoms with Crippen LogP contribution in [0.15, 0.2) is 97.2 Å². The number of esters is 2. The second-order valence-electron chi connectivity index (χ2n) is 14.2. The largest absolute Gasteiger partial charge is 0.472 e. The first-order valence-electron chi connectivity index (χ1n) is 21.5. The van der Waals surface area contributed by atoms with Gasteiger partial charge in [-0.1, -0.05) is 137 Å². The molecule has 6 N–H and O–H groups in total. The molecule has 1 unspecified atom stereocenters. The van der Waals surface area contributed by atoms with E-state index in [1.807, 2.05) is 19.1 Å². The van der Waals surface area contributed by atoms with Crippen molar-refractivity contribution >= 4 is 19.8 Å². The fourth-order valence-electron chi connectivity index (χ4n) is 5.10. The molecular formula is C46H75O13P. The molecule has 0 amide bonds. The van der Waals surface area contributed by atoms with Gasteiger partial charge in [0.15, 0.2) is 6.10 Å². The van der Waals surface area contributed by atoms with Gasteiger partial charge in [0.05, 0.1) is 38.1 Å². The standard InChI is InChI=1S/C46H75O13P/c1-3-5-7-8-9-10-11-12-13-14-15-16-17-18-19-24-28-34-46(53)59-42(39-58-60(54,55)57-37-41(49)36-47)38-56-45(52)35-29-33-44(51)43(50)32-27-23-21-20-22-26-31-40(48)30-25-6-4-2/h6,9-10,12-13,15-16,20-23,25-27,31-32,40-44,47-51H,3-5,7-8,11,14,17-19,24,28-30,33-39H2,1-2H3,(H,54,55)/b10-9-,13-12-,16-15-,22-20+,23-21-,25-6-,31-26+,32-27-/t40-,41+,42-,43+,44+/m1/s1. The molecule has 13 nitrogen and oxygen atoms in total. The fourth-order valence-corrected chi connectivity index (χ4v) is 5.89. The van der Waals surface area contributed by atoms with Gasteiger partial charge in [0.1, 0.15) is 12.7 Å². The number of phosphoric acid groups is 1.